The van der Waals surface area contributed by atoms with Crippen molar-refractivity contribution in [2.75, 3.05) is 25.0 Å². The predicted molar refractivity (Wildman–Crippen MR) is 66.7 cm³/mol. The number of hydrogen-bond acceptors (Lipinski definition) is 3. The second-order valence-electron chi connectivity index (χ2n) is 4.60. The van der Waals surface area contributed by atoms with Gasteiger partial charge < -0.3 is 10.4 Å². The van der Waals surface area contributed by atoms with Gasteiger partial charge in [-0.05, 0) is 25.0 Å². The van der Waals surface area contributed by atoms with Gasteiger partial charge in [0, 0.05) is 18.7 Å². The summed E-state index contributed by atoms with van der Waals surface area (Å²) in [6.45, 7) is 0.447. The van der Waals surface area contributed by atoms with Crippen LogP contribution in [0.5, 0.6) is 0 Å². The first kappa shape index (κ1) is 13.9. The molecular weight excluding hydrogens is 254 g/mol. The normalized spacial score (nSPS) is 14.7. The Morgan fingerprint density at radius 3 is 2.79 bits per heavy atom. The largest absolute Gasteiger partial charge is 0.395 e. The highest BCUT2D eigenvalue weighted by Gasteiger charge is 2.29. The summed E-state index contributed by atoms with van der Waals surface area (Å²) < 4.78 is 26.3. The number of benzene rings is 1. The topological polar surface area (TPSA) is 52.6 Å². The maximum Gasteiger partial charge on any atom is 0.238 e. The van der Waals surface area contributed by atoms with Gasteiger partial charge in [0.2, 0.25) is 5.91 Å². The molecule has 6 heteroatoms. The van der Waals surface area contributed by atoms with Gasteiger partial charge in [-0.2, -0.15) is 0 Å². The highest BCUT2D eigenvalue weighted by molar-refractivity contribution is 5.92. The third-order valence-electron chi connectivity index (χ3n) is 3.00. The molecule has 0 bridgehead atoms. The molecule has 1 aromatic carbocycles. The molecule has 19 heavy (non-hydrogen) atoms. The van der Waals surface area contributed by atoms with E-state index in [0.29, 0.717) is 12.6 Å². The van der Waals surface area contributed by atoms with Crippen LogP contribution in [0.2, 0.25) is 0 Å². The van der Waals surface area contributed by atoms with E-state index in [-0.39, 0.29) is 18.8 Å². The van der Waals surface area contributed by atoms with Gasteiger partial charge in [-0.1, -0.05) is 0 Å². The van der Waals surface area contributed by atoms with Crippen molar-refractivity contribution in [2.45, 2.75) is 18.9 Å². The quantitative estimate of drug-likeness (QED) is 0.820. The summed E-state index contributed by atoms with van der Waals surface area (Å²) in [5.74, 6) is -1.69. The maximum absolute atomic E-state index is 13.4. The number of nitrogens with one attached hydrogen (secondary N) is 1. The minimum Gasteiger partial charge on any atom is -0.395 e. The van der Waals surface area contributed by atoms with Crippen molar-refractivity contribution >= 4 is 11.6 Å². The molecule has 0 aromatic heterocycles. The number of anilines is 1. The first-order valence-electron chi connectivity index (χ1n) is 6.20. The number of aliphatic hydroxyl groups is 1. The molecule has 1 fully saturated rings. The molecule has 1 aliphatic rings. The summed E-state index contributed by atoms with van der Waals surface area (Å²) in [6.07, 6.45) is 2.00. The summed E-state index contributed by atoms with van der Waals surface area (Å²) in [7, 11) is 0. The minimum absolute atomic E-state index is 0.0297. The lowest BCUT2D eigenvalue weighted by atomic mass is 10.3. The molecule has 0 aliphatic heterocycles. The van der Waals surface area contributed by atoms with Crippen LogP contribution in [-0.4, -0.2) is 41.7 Å². The second kappa shape index (κ2) is 6.08. The Kier molecular flexibility index (Phi) is 4.44. The number of amides is 1. The smallest absolute Gasteiger partial charge is 0.238 e. The summed E-state index contributed by atoms with van der Waals surface area (Å²) in [5.41, 5.74) is -0.162. The van der Waals surface area contributed by atoms with Gasteiger partial charge in [0.05, 0.1) is 18.8 Å². The number of halogens is 2. The Bertz CT molecular complexity index is 464. The number of carbonyl (C=O) groups is 1. The van der Waals surface area contributed by atoms with Crippen LogP contribution in [0.3, 0.4) is 0 Å². The summed E-state index contributed by atoms with van der Waals surface area (Å²) in [6, 6.07) is 3.22. The Hall–Kier alpha value is -1.53. The van der Waals surface area contributed by atoms with Gasteiger partial charge in [-0.3, -0.25) is 9.69 Å². The zero-order chi connectivity index (χ0) is 13.8. The molecule has 1 aromatic rings. The zero-order valence-corrected chi connectivity index (χ0v) is 10.4. The first-order chi connectivity index (χ1) is 9.10. The van der Waals surface area contributed by atoms with E-state index in [1.807, 2.05) is 4.90 Å². The van der Waals surface area contributed by atoms with E-state index in [4.69, 9.17) is 5.11 Å². The summed E-state index contributed by atoms with van der Waals surface area (Å²) in [4.78, 5) is 13.6. The molecule has 0 unspecified atom stereocenters. The monoisotopic (exact) mass is 270 g/mol. The standard InChI is InChI=1S/C13H16F2N2O2/c14-9-1-4-11(15)12(7-9)16-13(19)8-17(5-6-18)10-2-3-10/h1,4,7,10,18H,2-3,5-6,8H2,(H,16,19). The van der Waals surface area contributed by atoms with Crippen LogP contribution in [0.15, 0.2) is 18.2 Å². The fourth-order valence-corrected chi connectivity index (χ4v) is 1.93. The van der Waals surface area contributed by atoms with Crippen molar-refractivity contribution in [1.29, 1.82) is 0 Å². The van der Waals surface area contributed by atoms with Crippen LogP contribution in [0.1, 0.15) is 12.8 Å². The van der Waals surface area contributed by atoms with E-state index in [9.17, 15) is 13.6 Å². The van der Waals surface area contributed by atoms with Gasteiger partial charge in [0.25, 0.3) is 0 Å². The van der Waals surface area contributed by atoms with Crippen molar-refractivity contribution in [1.82, 2.24) is 4.90 Å². The minimum atomic E-state index is -0.671. The molecule has 0 spiro atoms. The fraction of sp³-hybridized carbons (Fsp3) is 0.462. The van der Waals surface area contributed by atoms with Crippen molar-refractivity contribution in [3.05, 3.63) is 29.8 Å². The van der Waals surface area contributed by atoms with Gasteiger partial charge in [-0.25, -0.2) is 8.78 Å². The first-order valence-corrected chi connectivity index (χ1v) is 6.20. The van der Waals surface area contributed by atoms with Gasteiger partial charge >= 0.3 is 0 Å². The van der Waals surface area contributed by atoms with E-state index < -0.39 is 17.5 Å². The molecule has 104 valence electrons. The lowest BCUT2D eigenvalue weighted by molar-refractivity contribution is -0.117. The van der Waals surface area contributed by atoms with Crippen LogP contribution in [0.25, 0.3) is 0 Å². The average Bonchev–Trinajstić information content (AvgIpc) is 3.17. The SMILES string of the molecule is O=C(CN(CCO)C1CC1)Nc1cc(F)ccc1F. The molecule has 0 radical (unpaired) electrons. The molecule has 4 nitrogen and oxygen atoms in total. The fourth-order valence-electron chi connectivity index (χ4n) is 1.93. The second-order valence-corrected chi connectivity index (χ2v) is 4.60. The van der Waals surface area contributed by atoms with Crippen molar-refractivity contribution in [3.63, 3.8) is 0 Å². The molecule has 2 rings (SSSR count). The van der Waals surface area contributed by atoms with Crippen molar-refractivity contribution in [2.24, 2.45) is 0 Å². The highest BCUT2D eigenvalue weighted by atomic mass is 19.1. The van der Waals surface area contributed by atoms with Crippen molar-refractivity contribution < 1.29 is 18.7 Å². The Labute approximate surface area is 110 Å². The lowest BCUT2D eigenvalue weighted by Gasteiger charge is -2.20. The van der Waals surface area contributed by atoms with Gasteiger partial charge in [0.15, 0.2) is 0 Å². The van der Waals surface area contributed by atoms with E-state index in [2.05, 4.69) is 5.32 Å². The molecule has 1 saturated carbocycles. The van der Waals surface area contributed by atoms with Gasteiger partial charge in [0.1, 0.15) is 11.6 Å². The highest BCUT2D eigenvalue weighted by Crippen LogP contribution is 2.26. The Balaban J connectivity index is 1.94. The molecule has 0 heterocycles. The average molecular weight is 270 g/mol. The zero-order valence-electron chi connectivity index (χ0n) is 10.4. The van der Waals surface area contributed by atoms with E-state index in [1.54, 1.807) is 0 Å². The molecule has 1 aliphatic carbocycles. The predicted octanol–water partition coefficient (Wildman–Crippen LogP) is 1.36. The molecular formula is C13H16F2N2O2. The van der Waals surface area contributed by atoms with Crippen molar-refractivity contribution in [3.8, 4) is 0 Å². The molecule has 2 N–H and O–H groups in total. The number of aliphatic hydroxyl groups excluding tert-OH is 1. The summed E-state index contributed by atoms with van der Waals surface area (Å²) in [5, 5.41) is 11.3. The van der Waals surface area contributed by atoms with E-state index >= 15 is 0 Å². The number of hydrogen-bond donors (Lipinski definition) is 2. The third-order valence-corrected chi connectivity index (χ3v) is 3.00. The third kappa shape index (κ3) is 3.97. The number of carbonyl (C=O) groups excluding carboxylic acids is 1. The number of rotatable bonds is 6. The Morgan fingerprint density at radius 2 is 2.16 bits per heavy atom. The van der Waals surface area contributed by atoms with Crippen LogP contribution >= 0.6 is 0 Å². The Morgan fingerprint density at radius 1 is 1.42 bits per heavy atom. The molecule has 0 atom stereocenters. The lowest BCUT2D eigenvalue weighted by Crippen LogP contribution is -2.36. The van der Waals surface area contributed by atoms with Crippen LogP contribution in [0.4, 0.5) is 14.5 Å². The van der Waals surface area contributed by atoms with Crippen LogP contribution in [-0.2, 0) is 4.79 Å². The van der Waals surface area contributed by atoms with E-state index in [1.165, 1.54) is 0 Å². The number of nitrogens with zero attached hydrogens (tertiary/aromatic N) is 1. The maximum atomic E-state index is 13.4. The van der Waals surface area contributed by atoms with Crippen LogP contribution in [0, 0.1) is 11.6 Å². The molecule has 0 saturated heterocycles. The summed E-state index contributed by atoms with van der Waals surface area (Å²) >= 11 is 0. The van der Waals surface area contributed by atoms with E-state index in [0.717, 1.165) is 31.0 Å². The van der Waals surface area contributed by atoms with Gasteiger partial charge in [-0.15, -0.1) is 0 Å². The van der Waals surface area contributed by atoms with Crippen LogP contribution < -0.4 is 5.32 Å². The molecule has 1 amide bonds.